The lowest BCUT2D eigenvalue weighted by molar-refractivity contribution is 0.0527. The van der Waals surface area contributed by atoms with E-state index in [1.807, 2.05) is 41.5 Å². The summed E-state index contributed by atoms with van der Waals surface area (Å²) in [7, 11) is 0. The van der Waals surface area contributed by atoms with Gasteiger partial charge in [-0.25, -0.2) is 38.4 Å². The molecule has 127 heavy (non-hydrogen) atoms. The van der Waals surface area contributed by atoms with Gasteiger partial charge >= 0.3 is 48.3 Å². The molecule has 5 rings (SSSR count). The molecule has 5 aliphatic rings. The summed E-state index contributed by atoms with van der Waals surface area (Å²) in [5, 5.41) is 44.0. The van der Waals surface area contributed by atoms with E-state index in [0.717, 1.165) is 148 Å². The lowest BCUT2D eigenvalue weighted by Gasteiger charge is -2.34. The Balaban J connectivity index is 0. The second-order valence-corrected chi connectivity index (χ2v) is 41.3. The molecule has 0 aromatic carbocycles. The van der Waals surface area contributed by atoms with Crippen LogP contribution < -0.4 is 79.8 Å². The first kappa shape index (κ1) is 123. The number of carbonyl (C=O) groups excluding carboxylic acids is 8. The van der Waals surface area contributed by atoms with E-state index in [4.69, 9.17) is 4.74 Å². The zero-order chi connectivity index (χ0) is 94.9. The number of carbonyl (C=O) groups is 8. The summed E-state index contributed by atoms with van der Waals surface area (Å²) in [4.78, 5) is 92.3. The third kappa shape index (κ3) is 87.9. The van der Waals surface area contributed by atoms with Crippen LogP contribution in [0.15, 0.2) is 0 Å². The van der Waals surface area contributed by atoms with Crippen molar-refractivity contribution < 1.29 is 43.1 Å². The van der Waals surface area contributed by atoms with Crippen molar-refractivity contribution in [3.05, 3.63) is 0 Å². The molecule has 0 radical (unpaired) electrons. The monoisotopic (exact) mass is 1800 g/mol. The molecule has 5 saturated carbocycles. The predicted molar refractivity (Wildman–Crippen MR) is 538 cm³/mol. The van der Waals surface area contributed by atoms with Crippen molar-refractivity contribution in [1.82, 2.24) is 79.8 Å². The lowest BCUT2D eigenvalue weighted by atomic mass is 9.82. The van der Waals surface area contributed by atoms with E-state index in [2.05, 4.69) is 170 Å². The van der Waals surface area contributed by atoms with Gasteiger partial charge in [-0.1, -0.05) is 333 Å². The number of rotatable bonds is 52. The molecule has 750 valence electrons. The zero-order valence-corrected chi connectivity index (χ0v) is 86.2. The minimum Gasteiger partial charge on any atom is -0.444 e. The summed E-state index contributed by atoms with van der Waals surface area (Å²) in [6.45, 7) is 44.4. The maximum Gasteiger partial charge on any atom is 0.407 e. The Morgan fingerprint density at radius 3 is 0.866 bits per heavy atom. The van der Waals surface area contributed by atoms with Crippen LogP contribution in [0.1, 0.15) is 504 Å². The van der Waals surface area contributed by atoms with E-state index in [-0.39, 0.29) is 64.8 Å². The second kappa shape index (κ2) is 82.1. The molecule has 0 bridgehead atoms. The first-order chi connectivity index (χ1) is 60.6. The molecule has 1 atom stereocenters. The Morgan fingerprint density at radius 1 is 0.283 bits per heavy atom. The van der Waals surface area contributed by atoms with Crippen LogP contribution in [0.5, 0.6) is 0 Å². The molecule has 0 heterocycles. The van der Waals surface area contributed by atoms with Crippen LogP contribution in [-0.2, 0) is 4.74 Å². The second-order valence-electron chi connectivity index (χ2n) is 41.3. The van der Waals surface area contributed by atoms with Gasteiger partial charge in [0.1, 0.15) is 5.60 Å². The largest absolute Gasteiger partial charge is 0.444 e. The van der Waals surface area contributed by atoms with Crippen molar-refractivity contribution in [1.29, 1.82) is 0 Å². The van der Waals surface area contributed by atoms with Gasteiger partial charge in [0, 0.05) is 93.1 Å². The summed E-state index contributed by atoms with van der Waals surface area (Å²) in [5.74, 6) is 0.520. The smallest absolute Gasteiger partial charge is 0.407 e. The standard InChI is InChI=1S/C18H38N2O.C17H34N2O.C17H36N2O.C15H30N2O.C14H27N3O3.2C11H22N2O/c1-5-7-8-9-10-11-12-13-14-15-16-19-17(21)20-18(3,4)6-2;1-2-3-4-5-6-7-8-9-10-11-15-18-17(20)19-16-13-12-14-16;1-3-5-7-8-9-10-11-12-13-14-16-19-17(20)18-15-6-4-2;1-14(2,3)11-15(4,5)17-13(18)16-12-9-7-6-8-10-12;1-14(2,3)20-13(19)16-10-9-15-12(18)17-11-7-5-4-6-8-11;1-9(2)8-12-11(14)13-10-6-4-3-5-7-10;1-3-9(2)12-11(14)13-10-7-5-4-6-8-10/h5-16H2,1-4H3,(H2,19,20,21);16H,2-15H2,1H3,(H2,18,19,20);3-16H2,1-2H3,(H2,18,19,20);12H,6-11H2,1-5H3,(H2,16,17,18);11H,4-10H2,1-3H3,(H,16,19)(H2,15,17,18);2*9-10H,3-8H2,1-2H3,(H2,12,13,14). The van der Waals surface area contributed by atoms with E-state index in [0.29, 0.717) is 49.2 Å². The van der Waals surface area contributed by atoms with Gasteiger partial charge in [0.15, 0.2) is 0 Å². The Morgan fingerprint density at radius 2 is 0.559 bits per heavy atom. The van der Waals surface area contributed by atoms with E-state index < -0.39 is 11.7 Å². The minimum absolute atomic E-state index is 0.00356. The molecular weight excluding hydrogens is 1590 g/mol. The van der Waals surface area contributed by atoms with E-state index in [1.165, 1.54) is 257 Å². The minimum atomic E-state index is -0.504. The number of unbranched alkanes of at least 4 members (excludes halogenated alkanes) is 28. The highest BCUT2D eigenvalue weighted by Gasteiger charge is 2.29. The molecule has 0 aromatic rings. The lowest BCUT2D eigenvalue weighted by Crippen LogP contribution is -2.52. The maximum atomic E-state index is 12.0. The summed E-state index contributed by atoms with van der Waals surface area (Å²) in [6.07, 6.45) is 72.3. The molecule has 0 aliphatic heterocycles. The van der Waals surface area contributed by atoms with Crippen molar-refractivity contribution in [3.63, 3.8) is 0 Å². The highest BCUT2D eigenvalue weighted by atomic mass is 16.6. The molecular formula is C103H209N15O9. The maximum absolute atomic E-state index is 12.0. The van der Waals surface area contributed by atoms with Crippen LogP contribution in [0.2, 0.25) is 0 Å². The molecule has 0 aromatic heterocycles. The molecule has 15 amide bonds. The Kier molecular flexibility index (Phi) is 79.6. The quantitative estimate of drug-likeness (QED) is 0.0257. The Hall–Kier alpha value is -5.84. The van der Waals surface area contributed by atoms with E-state index in [1.54, 1.807) is 0 Å². The van der Waals surface area contributed by atoms with E-state index in [9.17, 15) is 38.4 Å². The van der Waals surface area contributed by atoms with Crippen molar-refractivity contribution in [3.8, 4) is 0 Å². The number of alkyl carbamates (subject to hydrolysis) is 1. The number of nitrogens with one attached hydrogen (secondary N) is 15. The van der Waals surface area contributed by atoms with Crippen molar-refractivity contribution >= 4 is 48.3 Å². The average Bonchev–Trinajstić information content (AvgIpc) is 0.860. The van der Waals surface area contributed by atoms with E-state index >= 15 is 0 Å². The van der Waals surface area contributed by atoms with Gasteiger partial charge in [0.2, 0.25) is 0 Å². The van der Waals surface area contributed by atoms with Gasteiger partial charge < -0.3 is 84.5 Å². The fraction of sp³-hybridized carbons (Fsp3) is 0.922. The van der Waals surface area contributed by atoms with Crippen LogP contribution in [0.25, 0.3) is 0 Å². The molecule has 24 nitrogen and oxygen atoms in total. The van der Waals surface area contributed by atoms with Crippen molar-refractivity contribution in [2.24, 2.45) is 11.3 Å². The fourth-order valence-corrected chi connectivity index (χ4v) is 16.0. The van der Waals surface area contributed by atoms with Crippen LogP contribution in [0.4, 0.5) is 38.4 Å². The number of amides is 15. The topological polar surface area (TPSA) is 326 Å². The highest BCUT2D eigenvalue weighted by Crippen LogP contribution is 2.28. The molecule has 0 saturated heterocycles. The molecule has 1 unspecified atom stereocenters. The van der Waals surface area contributed by atoms with Crippen LogP contribution in [0.3, 0.4) is 0 Å². The summed E-state index contributed by atoms with van der Waals surface area (Å²) < 4.78 is 5.09. The number of hydrogen-bond donors (Lipinski definition) is 15. The summed E-state index contributed by atoms with van der Waals surface area (Å²) in [5.41, 5.74) is -0.545. The first-order valence-electron chi connectivity index (χ1n) is 52.9. The SMILES string of the molecule is CC(C)(C)CC(C)(C)NC(=O)NC1CCCCC1.CC(C)(C)OC(=O)NCCNC(=O)NC1CCCCC1.CC(C)CNC(=O)NC1CCCCC1.CCC(C)NC(=O)NC1CCCCC1.CCCCCCCCCCCCNC(=O)NC(C)(C)CC.CCCCCCCCCCCCNC(=O)NC1CCC1.CCCCCCCCCCCCNC(=O)NCCCC. The van der Waals surface area contributed by atoms with Gasteiger partial charge in [0.05, 0.1) is 0 Å². The predicted octanol–water partition coefficient (Wildman–Crippen LogP) is 25.8. The first-order valence-corrected chi connectivity index (χ1v) is 52.9. The Labute approximate surface area is 781 Å². The molecule has 5 fully saturated rings. The van der Waals surface area contributed by atoms with Gasteiger partial charge in [-0.2, -0.15) is 0 Å². The average molecular weight is 1800 g/mol. The molecule has 24 heteroatoms. The van der Waals surface area contributed by atoms with Crippen LogP contribution in [-0.4, -0.2) is 147 Å². The molecule has 0 spiro atoms. The third-order valence-corrected chi connectivity index (χ3v) is 24.0. The van der Waals surface area contributed by atoms with Crippen molar-refractivity contribution in [2.75, 3.05) is 45.8 Å². The van der Waals surface area contributed by atoms with Gasteiger partial charge in [0.25, 0.3) is 0 Å². The third-order valence-electron chi connectivity index (χ3n) is 24.0. The Bertz CT molecular complexity index is 2610. The van der Waals surface area contributed by atoms with Crippen LogP contribution in [0, 0.1) is 11.3 Å². The fourth-order valence-electron chi connectivity index (χ4n) is 16.0. The van der Waals surface area contributed by atoms with Gasteiger partial charge in [-0.15, -0.1) is 0 Å². The number of ether oxygens (including phenoxy) is 1. The van der Waals surface area contributed by atoms with Gasteiger partial charge in [-0.05, 0) is 182 Å². The number of hydrogen-bond acceptors (Lipinski definition) is 9. The molecule has 15 N–H and O–H groups in total. The summed E-state index contributed by atoms with van der Waals surface area (Å²) >= 11 is 0. The zero-order valence-electron chi connectivity index (χ0n) is 86.2. The highest BCUT2D eigenvalue weighted by molar-refractivity contribution is 5.77. The van der Waals surface area contributed by atoms with Gasteiger partial charge in [-0.3, -0.25) is 0 Å². The summed E-state index contributed by atoms with van der Waals surface area (Å²) in [6, 6.07) is 2.06. The molecule has 5 aliphatic carbocycles. The van der Waals surface area contributed by atoms with Crippen molar-refractivity contribution in [2.45, 2.75) is 557 Å². The van der Waals surface area contributed by atoms with Crippen LogP contribution >= 0.6 is 0 Å². The normalized spacial score (nSPS) is 15.3. The number of urea groups is 7.